The van der Waals surface area contributed by atoms with E-state index in [-0.39, 0.29) is 0 Å². The van der Waals surface area contributed by atoms with E-state index in [2.05, 4.69) is 18.9 Å². The monoisotopic (exact) mass is 260 g/mol. The van der Waals surface area contributed by atoms with Gasteiger partial charge in [0.05, 0.1) is 18.5 Å². The van der Waals surface area contributed by atoms with Gasteiger partial charge in [-0.2, -0.15) is 5.10 Å². The SMILES string of the molecule is COc1ccc(-n2nc(C)c(O)c2CC(C)C)cc1. The van der Waals surface area contributed by atoms with Crippen LogP contribution in [0.3, 0.4) is 0 Å². The molecule has 0 aliphatic rings. The minimum atomic E-state index is 0.296. The predicted molar refractivity (Wildman–Crippen MR) is 75.1 cm³/mol. The second-order valence-electron chi connectivity index (χ2n) is 5.09. The van der Waals surface area contributed by atoms with Crippen LogP contribution in [-0.2, 0) is 6.42 Å². The maximum absolute atomic E-state index is 10.1. The largest absolute Gasteiger partial charge is 0.504 e. The Labute approximate surface area is 113 Å². The van der Waals surface area contributed by atoms with Crippen molar-refractivity contribution in [1.29, 1.82) is 0 Å². The molecule has 19 heavy (non-hydrogen) atoms. The zero-order chi connectivity index (χ0) is 14.0. The molecule has 4 heteroatoms. The van der Waals surface area contributed by atoms with Gasteiger partial charge in [-0.3, -0.25) is 0 Å². The number of aryl methyl sites for hydroxylation is 1. The first-order valence-corrected chi connectivity index (χ1v) is 6.44. The number of benzene rings is 1. The minimum Gasteiger partial charge on any atom is -0.504 e. The fraction of sp³-hybridized carbons (Fsp3) is 0.400. The van der Waals surface area contributed by atoms with Gasteiger partial charge in [-0.1, -0.05) is 13.8 Å². The lowest BCUT2D eigenvalue weighted by molar-refractivity contribution is 0.414. The Morgan fingerprint density at radius 1 is 1.26 bits per heavy atom. The maximum atomic E-state index is 10.1. The average molecular weight is 260 g/mol. The summed E-state index contributed by atoms with van der Waals surface area (Å²) in [5.74, 6) is 1.56. The van der Waals surface area contributed by atoms with E-state index < -0.39 is 0 Å². The molecule has 0 amide bonds. The van der Waals surface area contributed by atoms with Gasteiger partial charge >= 0.3 is 0 Å². The summed E-state index contributed by atoms with van der Waals surface area (Å²) in [7, 11) is 1.64. The van der Waals surface area contributed by atoms with Gasteiger partial charge in [0.2, 0.25) is 0 Å². The van der Waals surface area contributed by atoms with Crippen LogP contribution in [0.15, 0.2) is 24.3 Å². The average Bonchev–Trinajstić information content (AvgIpc) is 2.67. The first kappa shape index (κ1) is 13.5. The van der Waals surface area contributed by atoms with Crippen molar-refractivity contribution in [3.63, 3.8) is 0 Å². The van der Waals surface area contributed by atoms with E-state index in [1.165, 1.54) is 0 Å². The zero-order valence-corrected chi connectivity index (χ0v) is 11.8. The molecule has 1 aromatic heterocycles. The fourth-order valence-electron chi connectivity index (χ4n) is 2.07. The van der Waals surface area contributed by atoms with Gasteiger partial charge < -0.3 is 9.84 Å². The number of ether oxygens (including phenoxy) is 1. The lowest BCUT2D eigenvalue weighted by Gasteiger charge is -2.10. The van der Waals surface area contributed by atoms with Crippen LogP contribution >= 0.6 is 0 Å². The van der Waals surface area contributed by atoms with Crippen LogP contribution in [0.4, 0.5) is 0 Å². The van der Waals surface area contributed by atoms with E-state index in [0.717, 1.165) is 23.6 Å². The Morgan fingerprint density at radius 3 is 2.42 bits per heavy atom. The van der Waals surface area contributed by atoms with Gasteiger partial charge in [-0.15, -0.1) is 0 Å². The van der Waals surface area contributed by atoms with Gasteiger partial charge in [0.15, 0.2) is 5.75 Å². The molecule has 4 nitrogen and oxygen atoms in total. The number of hydrogen-bond donors (Lipinski definition) is 1. The van der Waals surface area contributed by atoms with Crippen molar-refractivity contribution < 1.29 is 9.84 Å². The number of methoxy groups -OCH3 is 1. The van der Waals surface area contributed by atoms with E-state index in [1.54, 1.807) is 7.11 Å². The van der Waals surface area contributed by atoms with Crippen molar-refractivity contribution in [2.75, 3.05) is 7.11 Å². The van der Waals surface area contributed by atoms with Crippen molar-refractivity contribution in [3.8, 4) is 17.2 Å². The Morgan fingerprint density at radius 2 is 1.89 bits per heavy atom. The van der Waals surface area contributed by atoms with Gasteiger partial charge in [0, 0.05) is 0 Å². The van der Waals surface area contributed by atoms with Crippen molar-refractivity contribution in [3.05, 3.63) is 35.7 Å². The van der Waals surface area contributed by atoms with Crippen molar-refractivity contribution in [2.45, 2.75) is 27.2 Å². The first-order chi connectivity index (χ1) is 9.02. The second-order valence-corrected chi connectivity index (χ2v) is 5.09. The van der Waals surface area contributed by atoms with Crippen LogP contribution in [-0.4, -0.2) is 22.0 Å². The van der Waals surface area contributed by atoms with E-state index in [1.807, 2.05) is 35.9 Å². The molecule has 0 radical (unpaired) electrons. The lowest BCUT2D eigenvalue weighted by Crippen LogP contribution is -2.05. The van der Waals surface area contributed by atoms with Crippen LogP contribution < -0.4 is 4.74 Å². The molecular weight excluding hydrogens is 240 g/mol. The summed E-state index contributed by atoms with van der Waals surface area (Å²) in [5, 5.41) is 14.5. The molecule has 102 valence electrons. The topological polar surface area (TPSA) is 47.3 Å². The van der Waals surface area contributed by atoms with Crippen molar-refractivity contribution in [2.24, 2.45) is 5.92 Å². The molecule has 0 bridgehead atoms. The van der Waals surface area contributed by atoms with E-state index in [9.17, 15) is 5.11 Å². The lowest BCUT2D eigenvalue weighted by atomic mass is 10.1. The third-order valence-corrected chi connectivity index (χ3v) is 3.04. The highest BCUT2D eigenvalue weighted by molar-refractivity contribution is 5.42. The number of aromatic nitrogens is 2. The summed E-state index contributed by atoms with van der Waals surface area (Å²) in [5.41, 5.74) is 2.45. The molecule has 1 aromatic carbocycles. The van der Waals surface area contributed by atoms with Gasteiger partial charge in [0.1, 0.15) is 11.4 Å². The van der Waals surface area contributed by atoms with E-state index >= 15 is 0 Å². The molecule has 0 saturated carbocycles. The second kappa shape index (κ2) is 5.34. The molecule has 0 spiro atoms. The molecule has 1 N–H and O–H groups in total. The summed E-state index contributed by atoms with van der Waals surface area (Å²) in [6.45, 7) is 6.07. The molecule has 0 aliphatic carbocycles. The highest BCUT2D eigenvalue weighted by Gasteiger charge is 2.16. The molecule has 2 rings (SSSR count). The van der Waals surface area contributed by atoms with Crippen LogP contribution in [0.1, 0.15) is 25.2 Å². The Balaban J connectivity index is 2.45. The molecule has 0 unspecified atom stereocenters. The summed E-state index contributed by atoms with van der Waals surface area (Å²) in [6.07, 6.45) is 0.790. The normalized spacial score (nSPS) is 11.0. The van der Waals surface area contributed by atoms with Gasteiger partial charge in [-0.25, -0.2) is 4.68 Å². The summed E-state index contributed by atoms with van der Waals surface area (Å²) in [4.78, 5) is 0. The van der Waals surface area contributed by atoms with E-state index in [4.69, 9.17) is 4.74 Å². The summed E-state index contributed by atoms with van der Waals surface area (Å²) < 4.78 is 6.96. The van der Waals surface area contributed by atoms with Gasteiger partial charge in [0.25, 0.3) is 0 Å². The molecule has 0 atom stereocenters. The fourth-order valence-corrected chi connectivity index (χ4v) is 2.07. The van der Waals surface area contributed by atoms with Crippen molar-refractivity contribution in [1.82, 2.24) is 9.78 Å². The van der Waals surface area contributed by atoms with E-state index in [0.29, 0.717) is 17.4 Å². The minimum absolute atomic E-state index is 0.296. The summed E-state index contributed by atoms with van der Waals surface area (Å²) >= 11 is 0. The Bertz CT molecular complexity index is 556. The third kappa shape index (κ3) is 2.72. The molecule has 0 saturated heterocycles. The highest BCUT2D eigenvalue weighted by Crippen LogP contribution is 2.27. The molecule has 0 fully saturated rings. The first-order valence-electron chi connectivity index (χ1n) is 6.44. The number of hydrogen-bond acceptors (Lipinski definition) is 3. The Kier molecular flexibility index (Phi) is 3.79. The smallest absolute Gasteiger partial charge is 0.160 e. The summed E-state index contributed by atoms with van der Waals surface area (Å²) in [6, 6.07) is 7.66. The Hall–Kier alpha value is -1.97. The van der Waals surface area contributed by atoms with Crippen LogP contribution in [0.25, 0.3) is 5.69 Å². The molecule has 1 heterocycles. The molecule has 0 aliphatic heterocycles. The highest BCUT2D eigenvalue weighted by atomic mass is 16.5. The third-order valence-electron chi connectivity index (χ3n) is 3.04. The molecule has 2 aromatic rings. The number of rotatable bonds is 4. The van der Waals surface area contributed by atoms with Crippen LogP contribution in [0.5, 0.6) is 11.5 Å². The predicted octanol–water partition coefficient (Wildman–Crippen LogP) is 3.09. The van der Waals surface area contributed by atoms with Gasteiger partial charge in [-0.05, 0) is 43.5 Å². The standard InChI is InChI=1S/C15H20N2O2/c1-10(2)9-14-15(18)11(3)16-17(14)12-5-7-13(19-4)8-6-12/h5-8,10,18H,9H2,1-4H3. The zero-order valence-electron chi connectivity index (χ0n) is 11.8. The van der Waals surface area contributed by atoms with Crippen LogP contribution in [0, 0.1) is 12.8 Å². The van der Waals surface area contributed by atoms with Crippen LogP contribution in [0.2, 0.25) is 0 Å². The molecular formula is C15H20N2O2. The quantitative estimate of drug-likeness (QED) is 0.919. The number of nitrogens with zero attached hydrogens (tertiary/aromatic N) is 2. The maximum Gasteiger partial charge on any atom is 0.160 e. The van der Waals surface area contributed by atoms with Crippen molar-refractivity contribution >= 4 is 0 Å². The number of aromatic hydroxyl groups is 1.